The Morgan fingerprint density at radius 2 is 1.73 bits per heavy atom. The van der Waals surface area contributed by atoms with Crippen LogP contribution in [0.4, 0.5) is 5.95 Å². The summed E-state index contributed by atoms with van der Waals surface area (Å²) in [5.41, 5.74) is 2.15. The Balaban J connectivity index is 1.74. The zero-order valence-corrected chi connectivity index (χ0v) is 15.6. The lowest BCUT2D eigenvalue weighted by molar-refractivity contribution is -0.132. The first-order chi connectivity index (χ1) is 14.6. The number of hydrogen-bond donors (Lipinski definition) is 2. The zero-order valence-electron chi connectivity index (χ0n) is 15.6. The maximum Gasteiger partial charge on any atom is 0.302 e. The number of hydrogen-bond acceptors (Lipinski definition) is 6. The number of benzene rings is 1. The number of carbonyl (C=O) groups excluding carboxylic acids is 2. The van der Waals surface area contributed by atoms with Crippen molar-refractivity contribution in [2.75, 3.05) is 4.90 Å². The first-order valence-electron chi connectivity index (χ1n) is 9.22. The minimum Gasteiger partial charge on any atom is -0.507 e. The summed E-state index contributed by atoms with van der Waals surface area (Å²) in [4.78, 5) is 43.1. The van der Waals surface area contributed by atoms with Crippen LogP contribution in [0.15, 0.2) is 78.8 Å². The number of nitrogens with one attached hydrogen (secondary N) is 1. The van der Waals surface area contributed by atoms with Crippen molar-refractivity contribution < 1.29 is 14.7 Å². The molecule has 30 heavy (non-hydrogen) atoms. The molecule has 8 heteroatoms. The molecule has 2 N–H and O–H groups in total. The second-order valence-corrected chi connectivity index (χ2v) is 6.74. The first-order valence-corrected chi connectivity index (χ1v) is 9.22. The van der Waals surface area contributed by atoms with E-state index in [4.69, 9.17) is 0 Å². The normalized spacial score (nSPS) is 18.3. The molecule has 0 saturated carbocycles. The number of aliphatic hydroxyl groups excluding tert-OH is 1. The van der Waals surface area contributed by atoms with Gasteiger partial charge < -0.3 is 10.1 Å². The van der Waals surface area contributed by atoms with Crippen molar-refractivity contribution >= 4 is 34.4 Å². The number of para-hydroxylation sites is 2. The second kappa shape index (κ2) is 6.93. The van der Waals surface area contributed by atoms with Crippen LogP contribution in [-0.2, 0) is 9.59 Å². The third-order valence-corrected chi connectivity index (χ3v) is 4.97. The van der Waals surface area contributed by atoms with Gasteiger partial charge in [0, 0.05) is 24.2 Å². The number of carbonyl (C=O) groups is 2. The maximum absolute atomic E-state index is 13.0. The minimum absolute atomic E-state index is 0.0506. The van der Waals surface area contributed by atoms with Gasteiger partial charge in [-0.25, -0.2) is 4.98 Å². The molecule has 1 saturated heterocycles. The predicted molar refractivity (Wildman–Crippen MR) is 109 cm³/mol. The van der Waals surface area contributed by atoms with Crippen molar-refractivity contribution in [3.05, 3.63) is 90.0 Å². The van der Waals surface area contributed by atoms with Gasteiger partial charge in [-0.3, -0.25) is 24.5 Å². The number of amides is 1. The molecule has 1 amide bonds. The maximum atomic E-state index is 13.0. The highest BCUT2D eigenvalue weighted by Gasteiger charge is 2.48. The highest BCUT2D eigenvalue weighted by molar-refractivity contribution is 6.51. The molecule has 1 aliphatic rings. The van der Waals surface area contributed by atoms with E-state index in [1.54, 1.807) is 42.6 Å². The van der Waals surface area contributed by atoms with Gasteiger partial charge >= 0.3 is 5.91 Å². The molecule has 146 valence electrons. The number of imidazole rings is 1. The molecule has 0 bridgehead atoms. The van der Waals surface area contributed by atoms with E-state index in [2.05, 4.69) is 19.9 Å². The van der Waals surface area contributed by atoms with E-state index >= 15 is 0 Å². The largest absolute Gasteiger partial charge is 0.507 e. The fourth-order valence-corrected chi connectivity index (χ4v) is 3.59. The number of aromatic amines is 1. The summed E-state index contributed by atoms with van der Waals surface area (Å²) in [7, 11) is 0. The Hall–Kier alpha value is -4.33. The zero-order chi connectivity index (χ0) is 20.7. The molecule has 1 fully saturated rings. The van der Waals surface area contributed by atoms with Crippen LogP contribution in [0.25, 0.3) is 16.8 Å². The number of anilines is 1. The van der Waals surface area contributed by atoms with Gasteiger partial charge in [0.2, 0.25) is 5.95 Å². The van der Waals surface area contributed by atoms with E-state index in [0.717, 1.165) is 5.52 Å². The Morgan fingerprint density at radius 3 is 2.47 bits per heavy atom. The molecular formula is C22H15N5O3. The van der Waals surface area contributed by atoms with Gasteiger partial charge in [-0.1, -0.05) is 18.2 Å². The summed E-state index contributed by atoms with van der Waals surface area (Å²) in [6.07, 6.45) is 4.57. The number of aliphatic hydroxyl groups is 1. The lowest BCUT2D eigenvalue weighted by Gasteiger charge is -2.22. The summed E-state index contributed by atoms with van der Waals surface area (Å²) in [5.74, 6) is -1.67. The third kappa shape index (κ3) is 2.74. The second-order valence-electron chi connectivity index (χ2n) is 6.74. The highest BCUT2D eigenvalue weighted by Crippen LogP contribution is 2.40. The fourth-order valence-electron chi connectivity index (χ4n) is 3.59. The number of Topliss-reactive ketones (excluding diaryl/α,β-unsaturated/α-hetero) is 1. The van der Waals surface area contributed by atoms with Crippen LogP contribution in [0.2, 0.25) is 0 Å². The molecule has 1 aliphatic heterocycles. The van der Waals surface area contributed by atoms with Crippen LogP contribution >= 0.6 is 0 Å². The van der Waals surface area contributed by atoms with Gasteiger partial charge in [0.15, 0.2) is 0 Å². The first kappa shape index (κ1) is 17.7. The topological polar surface area (TPSA) is 112 Å². The van der Waals surface area contributed by atoms with Crippen LogP contribution in [0.5, 0.6) is 0 Å². The van der Waals surface area contributed by atoms with E-state index in [1.807, 2.05) is 18.2 Å². The molecule has 4 aromatic rings. The molecule has 3 aromatic heterocycles. The number of aromatic nitrogens is 4. The molecule has 1 unspecified atom stereocenters. The monoisotopic (exact) mass is 397 g/mol. The molecule has 0 radical (unpaired) electrons. The Labute approximate surface area is 170 Å². The summed E-state index contributed by atoms with van der Waals surface area (Å²) < 4.78 is 0. The Bertz CT molecular complexity index is 1270. The average molecular weight is 397 g/mol. The Kier molecular flexibility index (Phi) is 4.10. The quantitative estimate of drug-likeness (QED) is 0.312. The molecule has 4 heterocycles. The van der Waals surface area contributed by atoms with Gasteiger partial charge in [0.25, 0.3) is 5.78 Å². The number of nitrogens with zero attached hydrogens (tertiary/aromatic N) is 4. The number of fused-ring (bicyclic) bond motifs is 1. The molecule has 0 spiro atoms. The minimum atomic E-state index is -0.931. The summed E-state index contributed by atoms with van der Waals surface area (Å²) >= 11 is 0. The van der Waals surface area contributed by atoms with Gasteiger partial charge in [0.1, 0.15) is 11.8 Å². The van der Waals surface area contributed by atoms with Gasteiger partial charge in [-0.05, 0) is 36.4 Å². The van der Waals surface area contributed by atoms with Crippen LogP contribution < -0.4 is 4.90 Å². The van der Waals surface area contributed by atoms with Crippen molar-refractivity contribution in [1.29, 1.82) is 0 Å². The van der Waals surface area contributed by atoms with E-state index in [-0.39, 0.29) is 17.3 Å². The van der Waals surface area contributed by atoms with E-state index in [9.17, 15) is 14.7 Å². The van der Waals surface area contributed by atoms with Crippen LogP contribution in [-0.4, -0.2) is 36.7 Å². The van der Waals surface area contributed by atoms with Crippen molar-refractivity contribution in [1.82, 2.24) is 19.9 Å². The van der Waals surface area contributed by atoms with Crippen LogP contribution in [0.3, 0.4) is 0 Å². The van der Waals surface area contributed by atoms with E-state index < -0.39 is 17.7 Å². The third-order valence-electron chi connectivity index (χ3n) is 4.97. The van der Waals surface area contributed by atoms with Crippen molar-refractivity contribution in [3.8, 4) is 0 Å². The van der Waals surface area contributed by atoms with Crippen LogP contribution in [0, 0.1) is 0 Å². The molecule has 1 aromatic carbocycles. The fraction of sp³-hybridized carbons (Fsp3) is 0.0455. The Morgan fingerprint density at radius 1 is 0.967 bits per heavy atom. The van der Waals surface area contributed by atoms with E-state index in [1.165, 1.54) is 17.3 Å². The smallest absolute Gasteiger partial charge is 0.302 e. The number of H-pyrrole nitrogens is 1. The van der Waals surface area contributed by atoms with Gasteiger partial charge in [-0.2, -0.15) is 0 Å². The number of ketones is 1. The molecule has 8 nitrogen and oxygen atoms in total. The van der Waals surface area contributed by atoms with Crippen molar-refractivity contribution in [2.45, 2.75) is 6.04 Å². The number of pyridine rings is 2. The van der Waals surface area contributed by atoms with Gasteiger partial charge in [0.05, 0.1) is 22.3 Å². The van der Waals surface area contributed by atoms with Crippen molar-refractivity contribution in [2.24, 2.45) is 0 Å². The molecule has 1 atom stereocenters. The van der Waals surface area contributed by atoms with E-state index in [0.29, 0.717) is 16.8 Å². The highest BCUT2D eigenvalue weighted by atomic mass is 16.3. The SMILES string of the molecule is O=C1C(=O)N(c2nc3ccccc3[nH]2)C(c2ccccn2)/C1=C(\O)c1ccncc1. The predicted octanol–water partition coefficient (Wildman–Crippen LogP) is 2.98. The summed E-state index contributed by atoms with van der Waals surface area (Å²) in [5, 5.41) is 10.9. The van der Waals surface area contributed by atoms with Crippen molar-refractivity contribution in [3.63, 3.8) is 0 Å². The standard InChI is InChI=1S/C22H15N5O3/c28-19(13-8-11-23-12-9-13)17-18(16-7-3-4-10-24-16)27(21(30)20(17)29)22-25-14-5-1-2-6-15(14)26-22/h1-12,18,28H,(H,25,26)/b19-17+. The van der Waals surface area contributed by atoms with Crippen LogP contribution in [0.1, 0.15) is 17.3 Å². The summed E-state index contributed by atoms with van der Waals surface area (Å²) in [6, 6.07) is 14.7. The summed E-state index contributed by atoms with van der Waals surface area (Å²) in [6.45, 7) is 0. The molecular weight excluding hydrogens is 382 g/mol. The average Bonchev–Trinajstić information content (AvgIpc) is 3.33. The molecule has 0 aliphatic carbocycles. The lowest BCUT2D eigenvalue weighted by atomic mass is 9.99. The molecule has 5 rings (SSSR count). The lowest BCUT2D eigenvalue weighted by Crippen LogP contribution is -2.30. The van der Waals surface area contributed by atoms with Gasteiger partial charge in [-0.15, -0.1) is 0 Å². The number of rotatable bonds is 3.